The first kappa shape index (κ1) is 17.6. The van der Waals surface area contributed by atoms with E-state index in [9.17, 15) is 9.90 Å². The second-order valence-corrected chi connectivity index (χ2v) is 6.63. The largest absolute Gasteiger partial charge is 0.396 e. The molecular weight excluding hydrogens is 312 g/mol. The summed E-state index contributed by atoms with van der Waals surface area (Å²) >= 11 is 0. The van der Waals surface area contributed by atoms with Gasteiger partial charge in [0.2, 0.25) is 5.91 Å². The maximum Gasteiger partial charge on any atom is 0.241 e. The number of amides is 1. The number of aryl methyl sites for hydroxylation is 1. The first-order chi connectivity index (χ1) is 12.2. The van der Waals surface area contributed by atoms with Gasteiger partial charge in [-0.1, -0.05) is 48.5 Å². The van der Waals surface area contributed by atoms with Gasteiger partial charge in [-0.2, -0.15) is 0 Å². The van der Waals surface area contributed by atoms with Gasteiger partial charge in [-0.05, 0) is 43.5 Å². The highest BCUT2D eigenvalue weighted by molar-refractivity contribution is 5.95. The lowest BCUT2D eigenvalue weighted by Crippen LogP contribution is -2.42. The lowest BCUT2D eigenvalue weighted by molar-refractivity contribution is -0.120. The molecule has 2 aromatic carbocycles. The van der Waals surface area contributed by atoms with Gasteiger partial charge < -0.3 is 10.0 Å². The molecule has 0 radical (unpaired) electrons. The van der Waals surface area contributed by atoms with Gasteiger partial charge in [0.15, 0.2) is 0 Å². The fourth-order valence-corrected chi connectivity index (χ4v) is 3.64. The van der Waals surface area contributed by atoms with Gasteiger partial charge in [0.1, 0.15) is 0 Å². The Bertz CT molecular complexity index is 702. The Balaban J connectivity index is 1.73. The normalized spacial score (nSPS) is 15.1. The molecule has 4 heteroatoms. The van der Waals surface area contributed by atoms with Gasteiger partial charge in [-0.15, -0.1) is 0 Å². The van der Waals surface area contributed by atoms with Crippen LogP contribution in [0, 0.1) is 0 Å². The first-order valence-corrected chi connectivity index (χ1v) is 8.95. The minimum absolute atomic E-state index is 0.0372. The molecule has 1 unspecified atom stereocenters. The van der Waals surface area contributed by atoms with E-state index in [0.29, 0.717) is 13.0 Å². The molecule has 4 nitrogen and oxygen atoms in total. The number of hydrogen-bond donors (Lipinski definition) is 1. The summed E-state index contributed by atoms with van der Waals surface area (Å²) in [4.78, 5) is 16.9. The average Bonchev–Trinajstić information content (AvgIpc) is 2.66. The summed E-state index contributed by atoms with van der Waals surface area (Å²) in [5, 5.41) is 9.44. The van der Waals surface area contributed by atoms with Gasteiger partial charge in [-0.25, -0.2) is 0 Å². The minimum atomic E-state index is 0.0372. The molecule has 132 valence electrons. The van der Waals surface area contributed by atoms with Gasteiger partial charge in [0.25, 0.3) is 0 Å². The lowest BCUT2D eigenvalue weighted by atomic mass is 10.0. The van der Waals surface area contributed by atoms with Crippen molar-refractivity contribution in [1.29, 1.82) is 0 Å². The quantitative estimate of drug-likeness (QED) is 0.880. The number of carbonyl (C=O) groups excluding carboxylic acids is 1. The highest BCUT2D eigenvalue weighted by atomic mass is 16.3. The van der Waals surface area contributed by atoms with Crippen molar-refractivity contribution in [3.8, 4) is 0 Å². The zero-order valence-corrected chi connectivity index (χ0v) is 14.8. The topological polar surface area (TPSA) is 43.8 Å². The van der Waals surface area contributed by atoms with Crippen LogP contribution in [0.25, 0.3) is 0 Å². The number of anilines is 1. The van der Waals surface area contributed by atoms with Crippen LogP contribution in [-0.2, 0) is 11.2 Å². The summed E-state index contributed by atoms with van der Waals surface area (Å²) in [6.07, 6.45) is 2.66. The number of likely N-dealkylation sites (N-methyl/N-ethyl adjacent to an activating group) is 1. The average molecular weight is 338 g/mol. The zero-order chi connectivity index (χ0) is 17.6. The summed E-state index contributed by atoms with van der Waals surface area (Å²) in [5.74, 6) is 0.119. The van der Waals surface area contributed by atoms with Gasteiger partial charge in [-0.3, -0.25) is 9.69 Å². The van der Waals surface area contributed by atoms with E-state index in [4.69, 9.17) is 0 Å². The van der Waals surface area contributed by atoms with Crippen LogP contribution in [0.2, 0.25) is 0 Å². The Hall–Kier alpha value is -2.17. The van der Waals surface area contributed by atoms with E-state index < -0.39 is 0 Å². The van der Waals surface area contributed by atoms with Crippen molar-refractivity contribution >= 4 is 11.6 Å². The molecule has 0 spiro atoms. The van der Waals surface area contributed by atoms with E-state index in [1.54, 1.807) is 0 Å². The van der Waals surface area contributed by atoms with Gasteiger partial charge in [0.05, 0.1) is 6.54 Å². The third-order valence-corrected chi connectivity index (χ3v) is 4.91. The summed E-state index contributed by atoms with van der Waals surface area (Å²) in [7, 11) is 1.96. The molecular formula is C21H26N2O2. The Kier molecular flexibility index (Phi) is 5.84. The van der Waals surface area contributed by atoms with Crippen LogP contribution in [0.15, 0.2) is 54.6 Å². The summed E-state index contributed by atoms with van der Waals surface area (Å²) in [6, 6.07) is 18.3. The van der Waals surface area contributed by atoms with Crippen molar-refractivity contribution in [2.45, 2.75) is 25.3 Å². The van der Waals surface area contributed by atoms with E-state index in [2.05, 4.69) is 18.2 Å². The number of aliphatic hydroxyl groups excluding tert-OH is 1. The summed E-state index contributed by atoms with van der Waals surface area (Å²) in [6.45, 7) is 1.22. The molecule has 0 bridgehead atoms. The summed E-state index contributed by atoms with van der Waals surface area (Å²) < 4.78 is 0. The van der Waals surface area contributed by atoms with Crippen LogP contribution in [-0.4, -0.2) is 42.7 Å². The van der Waals surface area contributed by atoms with Crippen molar-refractivity contribution in [1.82, 2.24) is 4.90 Å². The van der Waals surface area contributed by atoms with Crippen molar-refractivity contribution in [2.24, 2.45) is 0 Å². The molecule has 1 heterocycles. The smallest absolute Gasteiger partial charge is 0.241 e. The Morgan fingerprint density at radius 1 is 1.16 bits per heavy atom. The summed E-state index contributed by atoms with van der Waals surface area (Å²) in [5.41, 5.74) is 3.43. The van der Waals surface area contributed by atoms with Crippen LogP contribution in [0.1, 0.15) is 30.0 Å². The van der Waals surface area contributed by atoms with Gasteiger partial charge in [0, 0.05) is 24.9 Å². The number of hydrogen-bond acceptors (Lipinski definition) is 3. The molecule has 1 aliphatic rings. The van der Waals surface area contributed by atoms with E-state index in [-0.39, 0.29) is 18.6 Å². The van der Waals surface area contributed by atoms with Crippen molar-refractivity contribution in [2.75, 3.05) is 31.6 Å². The number of fused-ring (bicyclic) bond motifs is 1. The molecule has 0 fully saturated rings. The maximum atomic E-state index is 12.9. The van der Waals surface area contributed by atoms with Crippen molar-refractivity contribution < 1.29 is 9.90 Å². The second-order valence-electron chi connectivity index (χ2n) is 6.63. The molecule has 0 saturated heterocycles. The second kappa shape index (κ2) is 8.28. The number of rotatable bonds is 6. The molecule has 0 aromatic heterocycles. The van der Waals surface area contributed by atoms with Crippen LogP contribution in [0.4, 0.5) is 5.69 Å². The molecule has 25 heavy (non-hydrogen) atoms. The predicted molar refractivity (Wildman–Crippen MR) is 101 cm³/mol. The molecule has 0 saturated carbocycles. The predicted octanol–water partition coefficient (Wildman–Crippen LogP) is 3.02. The molecule has 3 rings (SSSR count). The number of aliphatic hydroxyl groups is 1. The van der Waals surface area contributed by atoms with Gasteiger partial charge >= 0.3 is 0 Å². The van der Waals surface area contributed by atoms with E-state index in [0.717, 1.165) is 30.6 Å². The highest BCUT2D eigenvalue weighted by Gasteiger charge is 2.25. The van der Waals surface area contributed by atoms with Crippen molar-refractivity contribution in [3.05, 3.63) is 65.7 Å². The Labute approximate surface area is 149 Å². The third kappa shape index (κ3) is 4.09. The highest BCUT2D eigenvalue weighted by Crippen LogP contribution is 2.28. The van der Waals surface area contributed by atoms with Crippen LogP contribution < -0.4 is 4.90 Å². The fraction of sp³-hybridized carbons (Fsp3) is 0.381. The van der Waals surface area contributed by atoms with E-state index in [1.807, 2.05) is 53.2 Å². The van der Waals surface area contributed by atoms with E-state index in [1.165, 1.54) is 5.56 Å². The van der Waals surface area contributed by atoms with Crippen molar-refractivity contribution in [3.63, 3.8) is 0 Å². The number of nitrogens with zero attached hydrogens (tertiary/aromatic N) is 2. The number of para-hydroxylation sites is 1. The van der Waals surface area contributed by atoms with E-state index >= 15 is 0 Å². The van der Waals surface area contributed by atoms with Crippen LogP contribution in [0.5, 0.6) is 0 Å². The van der Waals surface area contributed by atoms with Crippen LogP contribution in [0.3, 0.4) is 0 Å². The zero-order valence-electron chi connectivity index (χ0n) is 14.8. The third-order valence-electron chi connectivity index (χ3n) is 4.91. The van der Waals surface area contributed by atoms with Crippen LogP contribution >= 0.6 is 0 Å². The number of carbonyl (C=O) groups is 1. The fourth-order valence-electron chi connectivity index (χ4n) is 3.64. The standard InChI is InChI=1S/C21H26N2O2/c1-22(19(13-15-24)17-8-3-2-4-9-17)16-21(25)23-14-7-11-18-10-5-6-12-20(18)23/h2-6,8-10,12,19,24H,7,11,13-16H2,1H3. The maximum absolute atomic E-state index is 12.9. The molecule has 1 N–H and O–H groups in total. The molecule has 1 atom stereocenters. The molecule has 1 amide bonds. The number of benzene rings is 2. The minimum Gasteiger partial charge on any atom is -0.396 e. The molecule has 0 aliphatic carbocycles. The lowest BCUT2D eigenvalue weighted by Gasteiger charge is -2.33. The first-order valence-electron chi connectivity index (χ1n) is 8.95. The molecule has 1 aliphatic heterocycles. The Morgan fingerprint density at radius 3 is 2.64 bits per heavy atom. The molecule has 2 aromatic rings. The SMILES string of the molecule is CN(CC(=O)N1CCCc2ccccc21)C(CCO)c1ccccc1. The monoisotopic (exact) mass is 338 g/mol. The Morgan fingerprint density at radius 2 is 1.88 bits per heavy atom.